The molecule has 5 aromatic carbocycles. The standard InChI is InChI=1S/C39H29FN2O4S/c1-2-45-38(44)34-35(26-12-4-3-5-13-26)41-39-42(36(34)27-19-21-30(40)22-20-27)37(43)33(47-39)23-28-14-7-9-18-32(28)46-24-29-16-10-15-25-11-6-8-17-31(25)29/h3-23,36H,2,24H2,1H3/b33-23+/t36-/m1/s1. The number of carbonyl (C=O) groups is 1. The molecule has 0 unspecified atom stereocenters. The van der Waals surface area contributed by atoms with Crippen molar-refractivity contribution in [2.24, 2.45) is 4.99 Å². The fourth-order valence-corrected chi connectivity index (χ4v) is 6.84. The number of fused-ring (bicyclic) bond motifs is 2. The molecule has 6 aromatic rings. The predicted octanol–water partition coefficient (Wildman–Crippen LogP) is 6.81. The van der Waals surface area contributed by atoms with Gasteiger partial charge in [-0.1, -0.05) is 114 Å². The van der Waals surface area contributed by atoms with Gasteiger partial charge in [0.1, 0.15) is 18.2 Å². The zero-order valence-electron chi connectivity index (χ0n) is 25.4. The summed E-state index contributed by atoms with van der Waals surface area (Å²) in [6.45, 7) is 2.21. The van der Waals surface area contributed by atoms with E-state index in [1.54, 1.807) is 25.1 Å². The summed E-state index contributed by atoms with van der Waals surface area (Å²) in [4.78, 5) is 33.2. The molecule has 7 rings (SSSR count). The number of hydrogen-bond donors (Lipinski definition) is 0. The summed E-state index contributed by atoms with van der Waals surface area (Å²) >= 11 is 1.22. The monoisotopic (exact) mass is 640 g/mol. The molecule has 232 valence electrons. The molecule has 0 N–H and O–H groups in total. The summed E-state index contributed by atoms with van der Waals surface area (Å²) in [7, 11) is 0. The average molecular weight is 641 g/mol. The van der Waals surface area contributed by atoms with Gasteiger partial charge in [-0.05, 0) is 53.1 Å². The number of halogens is 1. The fourth-order valence-electron chi connectivity index (χ4n) is 5.85. The quantitative estimate of drug-likeness (QED) is 0.172. The van der Waals surface area contributed by atoms with Gasteiger partial charge in [-0.25, -0.2) is 14.2 Å². The Morgan fingerprint density at radius 3 is 2.43 bits per heavy atom. The van der Waals surface area contributed by atoms with Crippen LogP contribution < -0.4 is 19.6 Å². The number of hydrogen-bond acceptors (Lipinski definition) is 6. The van der Waals surface area contributed by atoms with Crippen molar-refractivity contribution in [3.63, 3.8) is 0 Å². The number of para-hydroxylation sites is 1. The molecule has 0 saturated heterocycles. The van der Waals surface area contributed by atoms with Crippen molar-refractivity contribution >= 4 is 39.9 Å². The third-order valence-corrected chi connectivity index (χ3v) is 9.01. The molecule has 47 heavy (non-hydrogen) atoms. The van der Waals surface area contributed by atoms with Crippen molar-refractivity contribution in [3.05, 3.63) is 175 Å². The highest BCUT2D eigenvalue weighted by Gasteiger charge is 2.35. The molecule has 0 saturated carbocycles. The van der Waals surface area contributed by atoms with Gasteiger partial charge in [0.15, 0.2) is 4.80 Å². The Morgan fingerprint density at radius 2 is 1.62 bits per heavy atom. The summed E-state index contributed by atoms with van der Waals surface area (Å²) in [6.07, 6.45) is 1.79. The Kier molecular flexibility index (Phi) is 8.33. The number of ether oxygens (including phenoxy) is 2. The molecular formula is C39H29FN2O4S. The first-order valence-electron chi connectivity index (χ1n) is 15.2. The molecule has 0 fully saturated rings. The van der Waals surface area contributed by atoms with E-state index in [9.17, 15) is 14.0 Å². The first kappa shape index (κ1) is 30.1. The molecule has 1 atom stereocenters. The van der Waals surface area contributed by atoms with Crippen molar-refractivity contribution in [3.8, 4) is 5.75 Å². The highest BCUT2D eigenvalue weighted by Crippen LogP contribution is 2.35. The normalized spacial score (nSPS) is 14.5. The van der Waals surface area contributed by atoms with Crippen LogP contribution in [0.25, 0.3) is 22.5 Å². The molecular weight excluding hydrogens is 612 g/mol. The number of thiazole rings is 1. The number of benzene rings is 5. The highest BCUT2D eigenvalue weighted by atomic mass is 32.1. The van der Waals surface area contributed by atoms with Crippen LogP contribution in [0.15, 0.2) is 137 Å². The first-order chi connectivity index (χ1) is 23.0. The van der Waals surface area contributed by atoms with Crippen LogP contribution in [0.1, 0.15) is 35.2 Å². The fraction of sp³-hybridized carbons (Fsp3) is 0.103. The lowest BCUT2D eigenvalue weighted by Gasteiger charge is -2.25. The molecule has 1 aliphatic rings. The number of nitrogens with zero attached hydrogens (tertiary/aromatic N) is 2. The van der Waals surface area contributed by atoms with Crippen molar-refractivity contribution in [1.29, 1.82) is 0 Å². The molecule has 0 spiro atoms. The Morgan fingerprint density at radius 1 is 0.894 bits per heavy atom. The third kappa shape index (κ3) is 5.91. The van der Waals surface area contributed by atoms with Crippen LogP contribution in [-0.4, -0.2) is 17.1 Å². The molecule has 0 bridgehead atoms. The highest BCUT2D eigenvalue weighted by molar-refractivity contribution is 7.07. The number of rotatable bonds is 8. The van der Waals surface area contributed by atoms with Gasteiger partial charge in [-0.2, -0.15) is 0 Å². The minimum absolute atomic E-state index is 0.139. The van der Waals surface area contributed by atoms with E-state index >= 15 is 0 Å². The van der Waals surface area contributed by atoms with E-state index in [0.29, 0.717) is 38.5 Å². The summed E-state index contributed by atoms with van der Waals surface area (Å²) in [5.41, 5.74) is 3.32. The molecule has 2 heterocycles. The molecule has 1 aliphatic heterocycles. The summed E-state index contributed by atoms with van der Waals surface area (Å²) in [5.74, 6) is -0.393. The maximum atomic E-state index is 14.3. The molecule has 0 amide bonds. The number of aromatic nitrogens is 1. The largest absolute Gasteiger partial charge is 0.488 e. The van der Waals surface area contributed by atoms with Gasteiger partial charge < -0.3 is 9.47 Å². The van der Waals surface area contributed by atoms with Crippen molar-refractivity contribution in [1.82, 2.24) is 4.57 Å². The smallest absolute Gasteiger partial charge is 0.338 e. The van der Waals surface area contributed by atoms with E-state index in [1.165, 1.54) is 28.0 Å². The summed E-state index contributed by atoms with van der Waals surface area (Å²) in [6, 6.07) is 36.1. The van der Waals surface area contributed by atoms with Crippen LogP contribution in [0, 0.1) is 5.82 Å². The molecule has 8 heteroatoms. The topological polar surface area (TPSA) is 69.9 Å². The molecule has 0 radical (unpaired) electrons. The van der Waals surface area contributed by atoms with Gasteiger partial charge in [-0.3, -0.25) is 9.36 Å². The van der Waals surface area contributed by atoms with E-state index in [1.807, 2.05) is 78.9 Å². The maximum Gasteiger partial charge on any atom is 0.338 e. The van der Waals surface area contributed by atoms with Crippen LogP contribution in [0.4, 0.5) is 4.39 Å². The van der Waals surface area contributed by atoms with Crippen molar-refractivity contribution in [2.75, 3.05) is 6.61 Å². The minimum atomic E-state index is -0.888. The second-order valence-electron chi connectivity index (χ2n) is 10.9. The summed E-state index contributed by atoms with van der Waals surface area (Å²) < 4.78 is 27.8. The number of esters is 1. The van der Waals surface area contributed by atoms with Crippen molar-refractivity contribution in [2.45, 2.75) is 19.6 Å². The van der Waals surface area contributed by atoms with Gasteiger partial charge in [0, 0.05) is 11.1 Å². The van der Waals surface area contributed by atoms with E-state index in [-0.39, 0.29) is 17.7 Å². The van der Waals surface area contributed by atoms with Crippen LogP contribution in [0.2, 0.25) is 0 Å². The van der Waals surface area contributed by atoms with E-state index in [2.05, 4.69) is 18.2 Å². The van der Waals surface area contributed by atoms with E-state index < -0.39 is 17.8 Å². The lowest BCUT2D eigenvalue weighted by atomic mass is 9.93. The van der Waals surface area contributed by atoms with Crippen LogP contribution in [-0.2, 0) is 16.1 Å². The lowest BCUT2D eigenvalue weighted by molar-refractivity contribution is -0.138. The first-order valence-corrected chi connectivity index (χ1v) is 16.1. The third-order valence-electron chi connectivity index (χ3n) is 8.03. The van der Waals surface area contributed by atoms with Gasteiger partial charge >= 0.3 is 5.97 Å². The Labute approximate surface area is 274 Å². The van der Waals surface area contributed by atoms with Gasteiger partial charge in [0.2, 0.25) is 0 Å². The second-order valence-corrected chi connectivity index (χ2v) is 12.0. The van der Waals surface area contributed by atoms with Crippen LogP contribution >= 0.6 is 11.3 Å². The van der Waals surface area contributed by atoms with Gasteiger partial charge in [0.25, 0.3) is 5.56 Å². The number of carbonyl (C=O) groups excluding carboxylic acids is 1. The predicted molar refractivity (Wildman–Crippen MR) is 182 cm³/mol. The molecule has 0 aliphatic carbocycles. The van der Waals surface area contributed by atoms with E-state index in [0.717, 1.165) is 21.9 Å². The Balaban J connectivity index is 1.36. The van der Waals surface area contributed by atoms with Crippen LogP contribution in [0.5, 0.6) is 5.75 Å². The van der Waals surface area contributed by atoms with Gasteiger partial charge in [0.05, 0.1) is 28.5 Å². The molecule has 1 aromatic heterocycles. The minimum Gasteiger partial charge on any atom is -0.488 e. The SMILES string of the molecule is CCOC(=O)C1=C(c2ccccc2)N=c2s/c(=C/c3ccccc3OCc3cccc4ccccc34)c(=O)n2[C@@H]1c1ccc(F)cc1. The second kappa shape index (κ2) is 13.0. The lowest BCUT2D eigenvalue weighted by Crippen LogP contribution is -2.40. The average Bonchev–Trinajstić information content (AvgIpc) is 3.42. The zero-order chi connectivity index (χ0) is 32.3. The van der Waals surface area contributed by atoms with Crippen molar-refractivity contribution < 1.29 is 18.7 Å². The Hall–Kier alpha value is -5.60. The maximum absolute atomic E-state index is 14.3. The molecule has 6 nitrogen and oxygen atoms in total. The Bertz CT molecular complexity index is 2320. The summed E-state index contributed by atoms with van der Waals surface area (Å²) in [5, 5.41) is 2.25. The zero-order valence-corrected chi connectivity index (χ0v) is 26.2. The van der Waals surface area contributed by atoms with Gasteiger partial charge in [-0.15, -0.1) is 0 Å². The van der Waals surface area contributed by atoms with Crippen LogP contribution in [0.3, 0.4) is 0 Å². The van der Waals surface area contributed by atoms with E-state index in [4.69, 9.17) is 14.5 Å².